The van der Waals surface area contributed by atoms with Crippen molar-refractivity contribution < 1.29 is 22.4 Å². The number of benzene rings is 3. The van der Waals surface area contributed by atoms with Crippen molar-refractivity contribution in [2.45, 2.75) is 57.6 Å². The second-order valence-corrected chi connectivity index (χ2v) is 11.7. The molecule has 39 heavy (non-hydrogen) atoms. The van der Waals surface area contributed by atoms with Crippen LogP contribution in [0.3, 0.4) is 0 Å². The molecule has 2 amide bonds. The molecular weight excluding hydrogens is 541 g/mol. The predicted octanol–water partition coefficient (Wildman–Crippen LogP) is 5.31. The number of nitrogens with one attached hydrogen (secondary N) is 1. The fraction of sp³-hybridized carbons (Fsp3) is 0.310. The molecule has 3 aromatic carbocycles. The molecule has 208 valence electrons. The number of aryl methyl sites for hydroxylation is 1. The minimum atomic E-state index is -4.25. The molecule has 10 heteroatoms. The highest BCUT2D eigenvalue weighted by Gasteiger charge is 2.33. The molecule has 0 saturated carbocycles. The van der Waals surface area contributed by atoms with Crippen LogP contribution < -0.4 is 9.62 Å². The predicted molar refractivity (Wildman–Crippen MR) is 151 cm³/mol. The molecule has 0 aliphatic rings. The van der Waals surface area contributed by atoms with E-state index in [1.54, 1.807) is 30.3 Å². The summed E-state index contributed by atoms with van der Waals surface area (Å²) in [6.45, 7) is 6.22. The number of carbonyl (C=O) groups is 2. The molecule has 3 rings (SSSR count). The van der Waals surface area contributed by atoms with Crippen molar-refractivity contribution in [3.8, 4) is 0 Å². The molecule has 0 unspecified atom stereocenters. The number of para-hydroxylation sites is 1. The van der Waals surface area contributed by atoms with E-state index in [9.17, 15) is 22.4 Å². The highest BCUT2D eigenvalue weighted by atomic mass is 35.5. The van der Waals surface area contributed by atoms with Gasteiger partial charge in [-0.3, -0.25) is 13.9 Å². The first-order chi connectivity index (χ1) is 18.4. The Labute approximate surface area is 234 Å². The molecule has 3 aromatic rings. The van der Waals surface area contributed by atoms with E-state index < -0.39 is 40.2 Å². The monoisotopic (exact) mass is 573 g/mol. The molecule has 0 heterocycles. The van der Waals surface area contributed by atoms with Crippen LogP contribution in [0.5, 0.6) is 0 Å². The Balaban J connectivity index is 2.05. The summed E-state index contributed by atoms with van der Waals surface area (Å²) in [6, 6.07) is 17.3. The second-order valence-electron chi connectivity index (χ2n) is 9.38. The average Bonchev–Trinajstić information content (AvgIpc) is 2.91. The topological polar surface area (TPSA) is 86.8 Å². The molecule has 0 aliphatic carbocycles. The van der Waals surface area contributed by atoms with Crippen LogP contribution in [0.15, 0.2) is 77.7 Å². The third-order valence-electron chi connectivity index (χ3n) is 6.48. The van der Waals surface area contributed by atoms with Gasteiger partial charge in [0.2, 0.25) is 11.8 Å². The van der Waals surface area contributed by atoms with E-state index in [2.05, 4.69) is 5.32 Å². The van der Waals surface area contributed by atoms with Crippen LogP contribution in [0.25, 0.3) is 0 Å². The molecule has 7 nitrogen and oxygen atoms in total. The maximum absolute atomic E-state index is 14.6. The summed E-state index contributed by atoms with van der Waals surface area (Å²) >= 11 is 6.39. The fourth-order valence-corrected chi connectivity index (χ4v) is 5.58. The molecule has 1 N–H and O–H groups in total. The van der Waals surface area contributed by atoms with E-state index in [0.29, 0.717) is 6.42 Å². The molecule has 0 fully saturated rings. The van der Waals surface area contributed by atoms with E-state index in [-0.39, 0.29) is 33.8 Å². The number of nitrogens with zero attached hydrogens (tertiary/aromatic N) is 2. The largest absolute Gasteiger partial charge is 0.352 e. The molecule has 0 saturated heterocycles. The summed E-state index contributed by atoms with van der Waals surface area (Å²) in [5.41, 5.74) is 1.17. The van der Waals surface area contributed by atoms with Crippen LogP contribution >= 0.6 is 11.6 Å². The van der Waals surface area contributed by atoms with Crippen LogP contribution in [0.2, 0.25) is 5.02 Å². The van der Waals surface area contributed by atoms with E-state index in [4.69, 9.17) is 11.6 Å². The lowest BCUT2D eigenvalue weighted by atomic mass is 10.1. The highest BCUT2D eigenvalue weighted by molar-refractivity contribution is 7.92. The lowest BCUT2D eigenvalue weighted by molar-refractivity contribution is -0.139. The zero-order valence-electron chi connectivity index (χ0n) is 22.4. The van der Waals surface area contributed by atoms with Gasteiger partial charge in [0.25, 0.3) is 10.0 Å². The van der Waals surface area contributed by atoms with Crippen molar-refractivity contribution in [2.75, 3.05) is 10.8 Å². The van der Waals surface area contributed by atoms with Gasteiger partial charge in [0.1, 0.15) is 18.4 Å². The summed E-state index contributed by atoms with van der Waals surface area (Å²) in [5, 5.41) is 2.97. The normalized spacial score (nSPS) is 12.9. The zero-order valence-corrected chi connectivity index (χ0v) is 24.0. The molecule has 0 aromatic heterocycles. The summed E-state index contributed by atoms with van der Waals surface area (Å²) in [4.78, 5) is 28.1. The molecular formula is C29H33ClFN3O4S. The van der Waals surface area contributed by atoms with Crippen molar-refractivity contribution in [3.63, 3.8) is 0 Å². The molecule has 0 spiro atoms. The quantitative estimate of drug-likeness (QED) is 0.337. The summed E-state index contributed by atoms with van der Waals surface area (Å²) in [7, 11) is -4.25. The molecule has 0 aliphatic heterocycles. The average molecular weight is 574 g/mol. The molecule has 0 bridgehead atoms. The maximum Gasteiger partial charge on any atom is 0.264 e. The van der Waals surface area contributed by atoms with Gasteiger partial charge < -0.3 is 10.2 Å². The van der Waals surface area contributed by atoms with Gasteiger partial charge in [0.05, 0.1) is 15.6 Å². The fourth-order valence-electron chi connectivity index (χ4n) is 3.86. The minimum absolute atomic E-state index is 0.0240. The summed E-state index contributed by atoms with van der Waals surface area (Å²) < 4.78 is 43.2. The van der Waals surface area contributed by atoms with Crippen LogP contribution in [0, 0.1) is 12.7 Å². The van der Waals surface area contributed by atoms with Gasteiger partial charge >= 0.3 is 0 Å². The second kappa shape index (κ2) is 13.1. The van der Waals surface area contributed by atoms with Crippen molar-refractivity contribution in [2.24, 2.45) is 0 Å². The zero-order chi connectivity index (χ0) is 28.7. The van der Waals surface area contributed by atoms with Crippen molar-refractivity contribution in [1.29, 1.82) is 0 Å². The van der Waals surface area contributed by atoms with Gasteiger partial charge in [-0.2, -0.15) is 0 Å². The number of anilines is 1. The lowest BCUT2D eigenvalue weighted by Crippen LogP contribution is -2.52. The Morgan fingerprint density at radius 2 is 1.59 bits per heavy atom. The molecule has 0 radical (unpaired) electrons. The van der Waals surface area contributed by atoms with Crippen LogP contribution in [0.1, 0.15) is 38.3 Å². The number of sulfonamides is 1. The lowest BCUT2D eigenvalue weighted by Gasteiger charge is -2.32. The Morgan fingerprint density at radius 1 is 0.974 bits per heavy atom. The van der Waals surface area contributed by atoms with Gasteiger partial charge in [-0.15, -0.1) is 0 Å². The smallest absolute Gasteiger partial charge is 0.264 e. The maximum atomic E-state index is 14.6. The van der Waals surface area contributed by atoms with E-state index >= 15 is 0 Å². The Morgan fingerprint density at radius 3 is 2.21 bits per heavy atom. The summed E-state index contributed by atoms with van der Waals surface area (Å²) in [5.74, 6) is -1.67. The first-order valence-electron chi connectivity index (χ1n) is 12.6. The Bertz CT molecular complexity index is 1420. The first kappa shape index (κ1) is 30.1. The van der Waals surface area contributed by atoms with Gasteiger partial charge in [0.15, 0.2) is 0 Å². The van der Waals surface area contributed by atoms with E-state index in [1.165, 1.54) is 54.3 Å². The van der Waals surface area contributed by atoms with Gasteiger partial charge in [-0.25, -0.2) is 12.8 Å². The minimum Gasteiger partial charge on any atom is -0.352 e. The Hall–Kier alpha value is -3.43. The number of halogens is 2. The summed E-state index contributed by atoms with van der Waals surface area (Å²) in [6.07, 6.45) is 0.675. The van der Waals surface area contributed by atoms with Crippen LogP contribution in [0.4, 0.5) is 10.1 Å². The number of carbonyl (C=O) groups excluding carboxylic acids is 2. The van der Waals surface area contributed by atoms with E-state index in [0.717, 1.165) is 9.87 Å². The van der Waals surface area contributed by atoms with Crippen LogP contribution in [-0.4, -0.2) is 43.8 Å². The van der Waals surface area contributed by atoms with Gasteiger partial charge in [-0.05, 0) is 57.5 Å². The van der Waals surface area contributed by atoms with Gasteiger partial charge in [-0.1, -0.05) is 66.6 Å². The number of hydrogen-bond acceptors (Lipinski definition) is 4. The number of amides is 2. The standard InChI is InChI=1S/C29H33ClFN3O4S/c1-5-21(3)32-29(36)22(4)33(18-23-10-6-8-12-26(23)31)28(35)19-34(27-13-9-7-11-25(27)30)39(37,38)24-16-14-20(2)15-17-24/h6-17,21-22H,5,18-19H2,1-4H3,(H,32,36)/t21-,22-/m1/s1. The highest BCUT2D eigenvalue weighted by Crippen LogP contribution is 2.31. The molecule has 2 atom stereocenters. The number of rotatable bonds is 11. The third-order valence-corrected chi connectivity index (χ3v) is 8.57. The van der Waals surface area contributed by atoms with Gasteiger partial charge in [0, 0.05) is 18.2 Å². The number of hydrogen-bond donors (Lipinski definition) is 1. The Kier molecular flexibility index (Phi) is 10.1. The first-order valence-corrected chi connectivity index (χ1v) is 14.4. The SMILES string of the molecule is CC[C@@H](C)NC(=O)[C@@H](C)N(Cc1ccccc1F)C(=O)CN(c1ccccc1Cl)S(=O)(=O)c1ccc(C)cc1. The van der Waals surface area contributed by atoms with Crippen molar-refractivity contribution >= 4 is 39.1 Å². The van der Waals surface area contributed by atoms with Crippen LogP contribution in [-0.2, 0) is 26.2 Å². The van der Waals surface area contributed by atoms with E-state index in [1.807, 2.05) is 20.8 Å². The third kappa shape index (κ3) is 7.36. The van der Waals surface area contributed by atoms with Crippen molar-refractivity contribution in [1.82, 2.24) is 10.2 Å². The van der Waals surface area contributed by atoms with Crippen molar-refractivity contribution in [3.05, 3.63) is 94.8 Å².